The van der Waals surface area contributed by atoms with Crippen molar-refractivity contribution in [2.45, 2.75) is 44.7 Å². The van der Waals surface area contributed by atoms with Gasteiger partial charge in [-0.1, -0.05) is 19.3 Å². The third kappa shape index (κ3) is 3.33. The Bertz CT molecular complexity index is 697. The van der Waals surface area contributed by atoms with E-state index in [1.54, 1.807) is 36.3 Å². The molecule has 2 aromatic heterocycles. The predicted molar refractivity (Wildman–Crippen MR) is 83.7 cm³/mol. The van der Waals surface area contributed by atoms with E-state index in [1.807, 2.05) is 4.57 Å². The fourth-order valence-corrected chi connectivity index (χ4v) is 3.11. The maximum atomic E-state index is 12.1. The first-order valence-electron chi connectivity index (χ1n) is 7.99. The molecule has 3 rings (SSSR count). The van der Waals surface area contributed by atoms with Gasteiger partial charge in [0.2, 0.25) is 0 Å². The van der Waals surface area contributed by atoms with E-state index in [9.17, 15) is 9.59 Å². The highest BCUT2D eigenvalue weighted by atomic mass is 16.2. The maximum absolute atomic E-state index is 12.1. The Kier molecular flexibility index (Phi) is 4.55. The number of nitrogens with zero attached hydrogens (tertiary/aromatic N) is 4. The molecule has 122 valence electrons. The van der Waals surface area contributed by atoms with Crippen LogP contribution in [0.1, 0.15) is 54.5 Å². The molecule has 7 nitrogen and oxygen atoms in total. The first kappa shape index (κ1) is 15.5. The van der Waals surface area contributed by atoms with E-state index in [4.69, 9.17) is 0 Å². The van der Waals surface area contributed by atoms with E-state index in [0.29, 0.717) is 17.6 Å². The van der Waals surface area contributed by atoms with Gasteiger partial charge in [-0.15, -0.1) is 10.2 Å². The third-order valence-corrected chi connectivity index (χ3v) is 4.41. The van der Waals surface area contributed by atoms with Gasteiger partial charge in [0.05, 0.1) is 12.2 Å². The minimum absolute atomic E-state index is 0.214. The van der Waals surface area contributed by atoms with Crippen molar-refractivity contribution in [3.63, 3.8) is 0 Å². The van der Waals surface area contributed by atoms with Crippen LogP contribution >= 0.6 is 0 Å². The summed E-state index contributed by atoms with van der Waals surface area (Å²) in [5.41, 5.74) is 0.372. The highest BCUT2D eigenvalue weighted by Gasteiger charge is 2.21. The smallest absolute Gasteiger partial charge is 0.294 e. The number of ketones is 1. The molecular formula is C16H21N5O2. The first-order valence-corrected chi connectivity index (χ1v) is 7.99. The standard InChI is InChI=1S/C16H21N5O2/c1-20-9-5-8-13(20)15(22)16(23)17-10-14-19-18-11-21(14)12-6-3-2-4-7-12/h5,8-9,11-12H,2-4,6-7,10H2,1H3,(H,17,23). The van der Waals surface area contributed by atoms with Crippen LogP contribution in [0.3, 0.4) is 0 Å². The molecule has 0 spiro atoms. The molecule has 1 fully saturated rings. The SMILES string of the molecule is Cn1cccc1C(=O)C(=O)NCc1nncn1C1CCCCC1. The van der Waals surface area contributed by atoms with E-state index < -0.39 is 11.7 Å². The zero-order valence-electron chi connectivity index (χ0n) is 13.2. The maximum Gasteiger partial charge on any atom is 0.294 e. The van der Waals surface area contributed by atoms with Crippen LogP contribution < -0.4 is 5.32 Å². The van der Waals surface area contributed by atoms with Gasteiger partial charge < -0.3 is 14.5 Å². The minimum atomic E-state index is -0.620. The highest BCUT2D eigenvalue weighted by Crippen LogP contribution is 2.28. The number of carbonyl (C=O) groups is 2. The van der Waals surface area contributed by atoms with E-state index in [-0.39, 0.29) is 6.54 Å². The van der Waals surface area contributed by atoms with Crippen molar-refractivity contribution in [3.8, 4) is 0 Å². The van der Waals surface area contributed by atoms with Gasteiger partial charge in [0, 0.05) is 19.3 Å². The van der Waals surface area contributed by atoms with Gasteiger partial charge in [-0.25, -0.2) is 0 Å². The number of aromatic nitrogens is 4. The van der Waals surface area contributed by atoms with Crippen molar-refractivity contribution in [1.29, 1.82) is 0 Å². The molecular weight excluding hydrogens is 294 g/mol. The Morgan fingerprint density at radius 3 is 2.78 bits per heavy atom. The summed E-state index contributed by atoms with van der Waals surface area (Å²) < 4.78 is 3.67. The molecule has 1 amide bonds. The second kappa shape index (κ2) is 6.76. The van der Waals surface area contributed by atoms with Crippen LogP contribution in [0.5, 0.6) is 0 Å². The predicted octanol–water partition coefficient (Wildman–Crippen LogP) is 1.62. The van der Waals surface area contributed by atoms with Gasteiger partial charge in [0.25, 0.3) is 11.7 Å². The van der Waals surface area contributed by atoms with Crippen LogP contribution in [0.25, 0.3) is 0 Å². The molecule has 0 atom stereocenters. The van der Waals surface area contributed by atoms with Crippen molar-refractivity contribution >= 4 is 11.7 Å². The van der Waals surface area contributed by atoms with Gasteiger partial charge in [-0.2, -0.15) is 0 Å². The van der Waals surface area contributed by atoms with Crippen molar-refractivity contribution in [1.82, 2.24) is 24.6 Å². The van der Waals surface area contributed by atoms with Crippen molar-refractivity contribution in [2.75, 3.05) is 0 Å². The average Bonchev–Trinajstić information content (AvgIpc) is 3.21. The number of hydrogen-bond donors (Lipinski definition) is 1. The lowest BCUT2D eigenvalue weighted by Crippen LogP contribution is -2.33. The number of hydrogen-bond acceptors (Lipinski definition) is 4. The topological polar surface area (TPSA) is 81.8 Å². The molecule has 1 aliphatic rings. The molecule has 23 heavy (non-hydrogen) atoms. The highest BCUT2D eigenvalue weighted by molar-refractivity contribution is 6.42. The van der Waals surface area contributed by atoms with E-state index >= 15 is 0 Å². The Morgan fingerprint density at radius 2 is 2.09 bits per heavy atom. The van der Waals surface area contributed by atoms with Crippen molar-refractivity contribution in [3.05, 3.63) is 36.2 Å². The largest absolute Gasteiger partial charge is 0.348 e. The lowest BCUT2D eigenvalue weighted by Gasteiger charge is -2.23. The first-order chi connectivity index (χ1) is 11.2. The van der Waals surface area contributed by atoms with Crippen molar-refractivity contribution < 1.29 is 9.59 Å². The molecule has 0 aliphatic heterocycles. The summed E-state index contributed by atoms with van der Waals surface area (Å²) >= 11 is 0. The Balaban J connectivity index is 1.62. The number of nitrogens with one attached hydrogen (secondary N) is 1. The zero-order valence-corrected chi connectivity index (χ0v) is 13.2. The molecule has 0 saturated heterocycles. The molecule has 0 aromatic carbocycles. The normalized spacial score (nSPS) is 15.5. The second-order valence-corrected chi connectivity index (χ2v) is 5.96. The lowest BCUT2D eigenvalue weighted by molar-refractivity contribution is -0.117. The summed E-state index contributed by atoms with van der Waals surface area (Å²) in [6.07, 6.45) is 9.37. The van der Waals surface area contributed by atoms with Gasteiger partial charge in [-0.3, -0.25) is 9.59 Å². The van der Waals surface area contributed by atoms with Crippen LogP contribution in [0.4, 0.5) is 0 Å². The minimum Gasteiger partial charge on any atom is -0.348 e. The van der Waals surface area contributed by atoms with Gasteiger partial charge in [0.15, 0.2) is 5.82 Å². The molecule has 1 N–H and O–H groups in total. The second-order valence-electron chi connectivity index (χ2n) is 5.96. The van der Waals surface area contributed by atoms with E-state index in [0.717, 1.165) is 12.8 Å². The summed E-state index contributed by atoms with van der Waals surface area (Å²) in [7, 11) is 1.74. The summed E-state index contributed by atoms with van der Waals surface area (Å²) in [5.74, 6) is -0.462. The molecule has 0 radical (unpaired) electrons. The molecule has 2 aromatic rings. The molecule has 2 heterocycles. The molecule has 1 aliphatic carbocycles. The van der Waals surface area contributed by atoms with Crippen LogP contribution in [0.2, 0.25) is 0 Å². The number of amides is 1. The van der Waals surface area contributed by atoms with Gasteiger partial charge in [-0.05, 0) is 25.0 Å². The summed E-state index contributed by atoms with van der Waals surface area (Å²) in [5, 5.41) is 10.7. The Morgan fingerprint density at radius 1 is 1.30 bits per heavy atom. The van der Waals surface area contributed by atoms with Crippen LogP contribution in [0.15, 0.2) is 24.7 Å². The fraction of sp³-hybridized carbons (Fsp3) is 0.500. The molecule has 0 bridgehead atoms. The number of Topliss-reactive ketones (excluding diaryl/α,β-unsaturated/α-hetero) is 1. The number of aryl methyl sites for hydroxylation is 1. The quantitative estimate of drug-likeness (QED) is 0.671. The van der Waals surface area contributed by atoms with E-state index in [1.165, 1.54) is 19.3 Å². The third-order valence-electron chi connectivity index (χ3n) is 4.41. The number of rotatable bonds is 5. The Hall–Kier alpha value is -2.44. The van der Waals surface area contributed by atoms with Crippen molar-refractivity contribution in [2.24, 2.45) is 7.05 Å². The van der Waals surface area contributed by atoms with Gasteiger partial charge in [0.1, 0.15) is 6.33 Å². The summed E-state index contributed by atoms with van der Waals surface area (Å²) in [4.78, 5) is 24.1. The van der Waals surface area contributed by atoms with Crippen LogP contribution in [0, 0.1) is 0 Å². The lowest BCUT2D eigenvalue weighted by atomic mass is 9.95. The van der Waals surface area contributed by atoms with Crippen LogP contribution in [-0.2, 0) is 18.4 Å². The summed E-state index contributed by atoms with van der Waals surface area (Å²) in [6.45, 7) is 0.214. The molecule has 7 heteroatoms. The number of carbonyl (C=O) groups excluding carboxylic acids is 2. The molecule has 0 unspecified atom stereocenters. The zero-order chi connectivity index (χ0) is 16.2. The monoisotopic (exact) mass is 315 g/mol. The fourth-order valence-electron chi connectivity index (χ4n) is 3.11. The molecule has 1 saturated carbocycles. The Labute approximate surface area is 134 Å². The average molecular weight is 315 g/mol. The summed E-state index contributed by atoms with van der Waals surface area (Å²) in [6, 6.07) is 3.77. The van der Waals surface area contributed by atoms with Crippen LogP contribution in [-0.4, -0.2) is 31.0 Å². The van der Waals surface area contributed by atoms with E-state index in [2.05, 4.69) is 15.5 Å². The van der Waals surface area contributed by atoms with Gasteiger partial charge >= 0.3 is 0 Å².